The molecule has 3 aromatic rings. The van der Waals surface area contributed by atoms with Crippen LogP contribution in [0, 0.1) is 6.92 Å². The molecule has 0 radical (unpaired) electrons. The van der Waals surface area contributed by atoms with Crippen LogP contribution >= 0.6 is 0 Å². The second-order valence-corrected chi connectivity index (χ2v) is 5.69. The zero-order valence-electron chi connectivity index (χ0n) is 13.2. The monoisotopic (exact) mass is 310 g/mol. The van der Waals surface area contributed by atoms with Crippen molar-refractivity contribution in [3.05, 3.63) is 47.9 Å². The number of carboxylic acids is 1. The van der Waals surface area contributed by atoms with Gasteiger partial charge >= 0.3 is 5.97 Å². The summed E-state index contributed by atoms with van der Waals surface area (Å²) in [6.45, 7) is 5.94. The second kappa shape index (κ2) is 5.72. The number of hydrogen-bond donors (Lipinski definition) is 2. The molecule has 3 rings (SSSR count). The first kappa shape index (κ1) is 15.0. The summed E-state index contributed by atoms with van der Waals surface area (Å²) in [5.41, 5.74) is 2.67. The van der Waals surface area contributed by atoms with Crippen molar-refractivity contribution >= 4 is 22.8 Å². The predicted octanol–water partition coefficient (Wildman–Crippen LogP) is 3.25. The number of rotatable bonds is 4. The maximum absolute atomic E-state index is 11.2. The highest BCUT2D eigenvalue weighted by Gasteiger charge is 2.14. The van der Waals surface area contributed by atoms with E-state index in [2.05, 4.69) is 15.3 Å². The zero-order valence-corrected chi connectivity index (χ0v) is 13.2. The number of aromatic carboxylic acids is 1. The van der Waals surface area contributed by atoms with Gasteiger partial charge in [-0.25, -0.2) is 14.8 Å². The summed E-state index contributed by atoms with van der Waals surface area (Å²) < 4.78 is 1.91. The maximum Gasteiger partial charge on any atom is 0.335 e. The van der Waals surface area contributed by atoms with Crippen molar-refractivity contribution in [2.75, 3.05) is 5.32 Å². The molecule has 0 bridgehead atoms. The molecule has 23 heavy (non-hydrogen) atoms. The normalized spacial score (nSPS) is 11.1. The minimum atomic E-state index is -0.948. The lowest BCUT2D eigenvalue weighted by Gasteiger charge is -2.14. The van der Waals surface area contributed by atoms with Crippen molar-refractivity contribution < 1.29 is 9.90 Å². The van der Waals surface area contributed by atoms with Gasteiger partial charge in [-0.05, 0) is 45.0 Å². The molecule has 0 amide bonds. The molecule has 6 nitrogen and oxygen atoms in total. The van der Waals surface area contributed by atoms with Crippen LogP contribution in [0.4, 0.5) is 5.82 Å². The summed E-state index contributed by atoms with van der Waals surface area (Å²) in [6, 6.07) is 8.94. The third-order valence-corrected chi connectivity index (χ3v) is 3.44. The van der Waals surface area contributed by atoms with Crippen molar-refractivity contribution in [2.45, 2.75) is 26.8 Å². The van der Waals surface area contributed by atoms with Crippen LogP contribution in [-0.2, 0) is 0 Å². The largest absolute Gasteiger partial charge is 0.478 e. The molecule has 0 aliphatic rings. The Morgan fingerprint density at radius 3 is 2.74 bits per heavy atom. The van der Waals surface area contributed by atoms with Gasteiger partial charge in [0.25, 0.3) is 0 Å². The molecule has 0 spiro atoms. The Morgan fingerprint density at radius 2 is 2.04 bits per heavy atom. The minimum absolute atomic E-state index is 0.223. The van der Waals surface area contributed by atoms with Crippen molar-refractivity contribution in [1.29, 1.82) is 0 Å². The van der Waals surface area contributed by atoms with Crippen LogP contribution in [-0.4, -0.2) is 31.7 Å². The van der Waals surface area contributed by atoms with E-state index in [9.17, 15) is 9.90 Å². The number of aromatic nitrogens is 3. The minimum Gasteiger partial charge on any atom is -0.478 e. The fraction of sp³-hybridized carbons (Fsp3) is 0.235. The van der Waals surface area contributed by atoms with Crippen molar-refractivity contribution in [1.82, 2.24) is 14.5 Å². The molecule has 0 aliphatic heterocycles. The number of hydrogen-bond acceptors (Lipinski definition) is 4. The Labute approximate surface area is 133 Å². The Balaban J connectivity index is 2.22. The molecule has 2 aromatic heterocycles. The van der Waals surface area contributed by atoms with Gasteiger partial charge < -0.3 is 15.0 Å². The van der Waals surface area contributed by atoms with Crippen LogP contribution in [0.5, 0.6) is 0 Å². The van der Waals surface area contributed by atoms with Gasteiger partial charge in [0, 0.05) is 17.9 Å². The highest BCUT2D eigenvalue weighted by molar-refractivity contribution is 5.90. The topological polar surface area (TPSA) is 80.0 Å². The van der Waals surface area contributed by atoms with E-state index < -0.39 is 5.97 Å². The van der Waals surface area contributed by atoms with Gasteiger partial charge in [-0.3, -0.25) is 0 Å². The average Bonchev–Trinajstić information content (AvgIpc) is 2.90. The van der Waals surface area contributed by atoms with Gasteiger partial charge in [0.15, 0.2) is 5.82 Å². The van der Waals surface area contributed by atoms with Crippen LogP contribution < -0.4 is 5.32 Å². The standard InChI is InChI=1S/C17H18N4O2/c1-10(2)18-16-15-14(19-11(3)20-16)7-8-21(15)13-6-4-5-12(9-13)17(22)23/h4-10H,1-3H3,(H,22,23)(H,18,19,20). The summed E-state index contributed by atoms with van der Waals surface area (Å²) in [7, 11) is 0. The number of fused-ring (bicyclic) bond motifs is 1. The molecule has 0 fully saturated rings. The molecule has 0 unspecified atom stereocenters. The first-order valence-corrected chi connectivity index (χ1v) is 7.41. The number of benzene rings is 1. The van der Waals surface area contributed by atoms with Gasteiger partial charge in [0.1, 0.15) is 11.3 Å². The lowest BCUT2D eigenvalue weighted by atomic mass is 10.2. The summed E-state index contributed by atoms with van der Waals surface area (Å²) >= 11 is 0. The van der Waals surface area contributed by atoms with Gasteiger partial charge in [-0.15, -0.1) is 0 Å². The maximum atomic E-state index is 11.2. The average molecular weight is 310 g/mol. The number of aryl methyl sites for hydroxylation is 1. The fourth-order valence-corrected chi connectivity index (χ4v) is 2.54. The van der Waals surface area contributed by atoms with E-state index in [-0.39, 0.29) is 11.6 Å². The molecule has 2 heterocycles. The van der Waals surface area contributed by atoms with Gasteiger partial charge in [-0.2, -0.15) is 0 Å². The van der Waals surface area contributed by atoms with Crippen LogP contribution in [0.2, 0.25) is 0 Å². The highest BCUT2D eigenvalue weighted by atomic mass is 16.4. The van der Waals surface area contributed by atoms with Gasteiger partial charge in [0.2, 0.25) is 0 Å². The third-order valence-electron chi connectivity index (χ3n) is 3.44. The number of carboxylic acid groups (broad SMARTS) is 1. The summed E-state index contributed by atoms with van der Waals surface area (Å²) in [5, 5.41) is 12.5. The van der Waals surface area contributed by atoms with E-state index in [1.54, 1.807) is 18.2 Å². The highest BCUT2D eigenvalue weighted by Crippen LogP contribution is 2.26. The van der Waals surface area contributed by atoms with Crippen molar-refractivity contribution in [2.24, 2.45) is 0 Å². The third kappa shape index (κ3) is 2.88. The fourth-order valence-electron chi connectivity index (χ4n) is 2.54. The molecule has 0 aliphatic carbocycles. The molecule has 118 valence electrons. The first-order chi connectivity index (χ1) is 11.0. The van der Waals surface area contributed by atoms with Crippen molar-refractivity contribution in [3.8, 4) is 5.69 Å². The SMILES string of the molecule is Cc1nc(NC(C)C)c2c(ccn2-c2cccc(C(=O)O)c2)n1. The van der Waals surface area contributed by atoms with E-state index in [1.807, 2.05) is 43.7 Å². The molecule has 0 saturated heterocycles. The number of carbonyl (C=O) groups is 1. The summed E-state index contributed by atoms with van der Waals surface area (Å²) in [6.07, 6.45) is 1.88. The van der Waals surface area contributed by atoms with Crippen LogP contribution in [0.15, 0.2) is 36.5 Å². The van der Waals surface area contributed by atoms with E-state index in [0.29, 0.717) is 5.82 Å². The molecule has 0 atom stereocenters. The van der Waals surface area contributed by atoms with E-state index in [0.717, 1.165) is 22.5 Å². The zero-order chi connectivity index (χ0) is 16.6. The molecule has 2 N–H and O–H groups in total. The predicted molar refractivity (Wildman–Crippen MR) is 89.3 cm³/mol. The Kier molecular flexibility index (Phi) is 3.73. The summed E-state index contributed by atoms with van der Waals surface area (Å²) in [4.78, 5) is 20.2. The lowest BCUT2D eigenvalue weighted by molar-refractivity contribution is 0.0697. The lowest BCUT2D eigenvalue weighted by Crippen LogP contribution is -2.13. The van der Waals surface area contributed by atoms with E-state index in [1.165, 1.54) is 0 Å². The molecule has 0 saturated carbocycles. The number of nitrogens with zero attached hydrogens (tertiary/aromatic N) is 3. The van der Waals surface area contributed by atoms with Crippen LogP contribution in [0.25, 0.3) is 16.7 Å². The van der Waals surface area contributed by atoms with Gasteiger partial charge in [0.05, 0.1) is 11.1 Å². The first-order valence-electron chi connectivity index (χ1n) is 7.41. The van der Waals surface area contributed by atoms with Crippen LogP contribution in [0.3, 0.4) is 0 Å². The molecular formula is C17H18N4O2. The Morgan fingerprint density at radius 1 is 1.26 bits per heavy atom. The van der Waals surface area contributed by atoms with Crippen LogP contribution in [0.1, 0.15) is 30.0 Å². The number of anilines is 1. The second-order valence-electron chi connectivity index (χ2n) is 5.69. The van der Waals surface area contributed by atoms with Gasteiger partial charge in [-0.1, -0.05) is 6.07 Å². The quantitative estimate of drug-likeness (QED) is 0.773. The van der Waals surface area contributed by atoms with Crippen molar-refractivity contribution in [3.63, 3.8) is 0 Å². The number of nitrogens with one attached hydrogen (secondary N) is 1. The Hall–Kier alpha value is -2.89. The molecule has 6 heteroatoms. The Bertz CT molecular complexity index is 883. The summed E-state index contributed by atoms with van der Waals surface area (Å²) in [5.74, 6) is 0.488. The molecule has 1 aromatic carbocycles. The molecular weight excluding hydrogens is 292 g/mol. The van der Waals surface area contributed by atoms with E-state index >= 15 is 0 Å². The smallest absolute Gasteiger partial charge is 0.335 e. The van der Waals surface area contributed by atoms with E-state index in [4.69, 9.17) is 0 Å².